The lowest BCUT2D eigenvalue weighted by Crippen LogP contribution is -2.49. The molecule has 0 aromatic heterocycles. The number of anilines is 1. The van der Waals surface area contributed by atoms with Gasteiger partial charge in [-0.1, -0.05) is 48.3 Å². The molecule has 0 fully saturated rings. The minimum atomic E-state index is -3.64. The van der Waals surface area contributed by atoms with E-state index >= 15 is 0 Å². The summed E-state index contributed by atoms with van der Waals surface area (Å²) in [5, 5.41) is 3.77. The fraction of sp³-hybridized carbons (Fsp3) is 0.462. The van der Waals surface area contributed by atoms with Crippen molar-refractivity contribution in [3.8, 4) is 5.75 Å². The zero-order valence-electron chi connectivity index (χ0n) is 21.8. The summed E-state index contributed by atoms with van der Waals surface area (Å²) in [6, 6.07) is 11.0. The number of amides is 2. The van der Waals surface area contributed by atoms with Gasteiger partial charge in [-0.05, 0) is 56.5 Å². The third kappa shape index (κ3) is 8.79. The van der Waals surface area contributed by atoms with E-state index in [1.807, 2.05) is 13.8 Å². The number of nitrogens with zero attached hydrogens (tertiary/aromatic N) is 2. The number of methoxy groups -OCH3 is 1. The Balaban J connectivity index is 2.24. The molecule has 37 heavy (non-hydrogen) atoms. The second kappa shape index (κ2) is 13.9. The van der Waals surface area contributed by atoms with E-state index in [0.29, 0.717) is 27.0 Å². The van der Waals surface area contributed by atoms with Crippen molar-refractivity contribution in [3.05, 3.63) is 58.1 Å². The summed E-state index contributed by atoms with van der Waals surface area (Å²) in [7, 11) is -2.17. The average Bonchev–Trinajstić information content (AvgIpc) is 2.84. The molecular weight excluding hydrogens is 537 g/mol. The Hall–Kier alpha value is -2.49. The molecule has 0 saturated heterocycles. The molecule has 2 atom stereocenters. The Kier molecular flexibility index (Phi) is 11.5. The number of nitrogens with one attached hydrogen (secondary N) is 1. The van der Waals surface area contributed by atoms with Gasteiger partial charge in [-0.25, -0.2) is 8.42 Å². The van der Waals surface area contributed by atoms with Gasteiger partial charge in [-0.2, -0.15) is 0 Å². The van der Waals surface area contributed by atoms with Crippen LogP contribution in [0, 0.1) is 0 Å². The van der Waals surface area contributed by atoms with Gasteiger partial charge in [0.2, 0.25) is 21.8 Å². The van der Waals surface area contributed by atoms with Gasteiger partial charge in [0.15, 0.2) is 0 Å². The number of hydrogen-bond donors (Lipinski definition) is 1. The fourth-order valence-electron chi connectivity index (χ4n) is 3.70. The van der Waals surface area contributed by atoms with Crippen LogP contribution in [0.1, 0.15) is 45.6 Å². The molecule has 1 N–H and O–H groups in total. The summed E-state index contributed by atoms with van der Waals surface area (Å²) in [5.74, 6) is -0.167. The number of halogens is 2. The summed E-state index contributed by atoms with van der Waals surface area (Å²) in [6.07, 6.45) is 2.11. The topological polar surface area (TPSA) is 96.0 Å². The van der Waals surface area contributed by atoms with E-state index in [9.17, 15) is 18.0 Å². The number of carbonyl (C=O) groups excluding carboxylic acids is 2. The monoisotopic (exact) mass is 571 g/mol. The van der Waals surface area contributed by atoms with Crippen LogP contribution >= 0.6 is 23.2 Å². The van der Waals surface area contributed by atoms with Crippen molar-refractivity contribution in [1.82, 2.24) is 10.2 Å². The lowest BCUT2D eigenvalue weighted by Gasteiger charge is -2.30. The van der Waals surface area contributed by atoms with E-state index in [2.05, 4.69) is 5.32 Å². The van der Waals surface area contributed by atoms with Gasteiger partial charge in [0.05, 0.1) is 19.1 Å². The van der Waals surface area contributed by atoms with Crippen LogP contribution in [-0.4, -0.2) is 57.1 Å². The third-order valence-electron chi connectivity index (χ3n) is 6.03. The normalized spacial score (nSPS) is 12.9. The first-order valence-corrected chi connectivity index (χ1v) is 14.6. The van der Waals surface area contributed by atoms with Crippen molar-refractivity contribution in [2.45, 2.75) is 58.7 Å². The maximum absolute atomic E-state index is 13.4. The minimum Gasteiger partial charge on any atom is -0.495 e. The molecule has 204 valence electrons. The molecule has 0 saturated carbocycles. The maximum atomic E-state index is 13.4. The van der Waals surface area contributed by atoms with Crippen LogP contribution in [0.3, 0.4) is 0 Å². The van der Waals surface area contributed by atoms with Crippen LogP contribution in [0.15, 0.2) is 42.5 Å². The number of benzene rings is 2. The molecule has 11 heteroatoms. The van der Waals surface area contributed by atoms with Gasteiger partial charge >= 0.3 is 0 Å². The Morgan fingerprint density at radius 3 is 2.38 bits per heavy atom. The van der Waals surface area contributed by atoms with Crippen molar-refractivity contribution >= 4 is 50.7 Å². The lowest BCUT2D eigenvalue weighted by molar-refractivity contribution is -0.140. The predicted molar refractivity (Wildman–Crippen MR) is 149 cm³/mol. The van der Waals surface area contributed by atoms with E-state index in [1.165, 1.54) is 16.3 Å². The zero-order chi connectivity index (χ0) is 27.8. The molecule has 0 unspecified atom stereocenters. The molecule has 0 heterocycles. The largest absolute Gasteiger partial charge is 0.495 e. The average molecular weight is 573 g/mol. The SMILES string of the molecule is CC[C@@H](C)NC(=O)[C@H](C)N(Cc1ccc(Cl)cc1Cl)C(=O)CCCN(c1ccccc1OC)S(C)(=O)=O. The minimum absolute atomic E-state index is 0.0212. The summed E-state index contributed by atoms with van der Waals surface area (Å²) < 4.78 is 31.6. The number of ether oxygens (including phenoxy) is 1. The zero-order valence-corrected chi connectivity index (χ0v) is 24.2. The molecule has 0 spiro atoms. The van der Waals surface area contributed by atoms with Gasteiger partial charge in [0.25, 0.3) is 0 Å². The van der Waals surface area contributed by atoms with E-state index in [4.69, 9.17) is 27.9 Å². The molecular formula is C26H35Cl2N3O5S. The second-order valence-electron chi connectivity index (χ2n) is 8.86. The van der Waals surface area contributed by atoms with Gasteiger partial charge in [0.1, 0.15) is 11.8 Å². The van der Waals surface area contributed by atoms with Crippen molar-refractivity contribution in [2.24, 2.45) is 0 Å². The number of para-hydroxylation sites is 2. The first kappa shape index (κ1) is 30.7. The molecule has 2 aromatic rings. The van der Waals surface area contributed by atoms with E-state index in [-0.39, 0.29) is 43.8 Å². The first-order chi connectivity index (χ1) is 17.4. The molecule has 0 aliphatic carbocycles. The van der Waals surface area contributed by atoms with Gasteiger partial charge < -0.3 is 15.0 Å². The van der Waals surface area contributed by atoms with Crippen molar-refractivity contribution in [2.75, 3.05) is 24.2 Å². The highest BCUT2D eigenvalue weighted by Crippen LogP contribution is 2.30. The van der Waals surface area contributed by atoms with Crippen LogP contribution in [0.4, 0.5) is 5.69 Å². The molecule has 0 bridgehead atoms. The summed E-state index contributed by atoms with van der Waals surface area (Å²) in [4.78, 5) is 27.8. The Labute approximate surface area is 229 Å². The molecule has 8 nitrogen and oxygen atoms in total. The summed E-state index contributed by atoms with van der Waals surface area (Å²) in [5.41, 5.74) is 1.04. The molecule has 0 radical (unpaired) electrons. The van der Waals surface area contributed by atoms with Crippen molar-refractivity contribution in [3.63, 3.8) is 0 Å². The van der Waals surface area contributed by atoms with Gasteiger partial charge in [-0.3, -0.25) is 13.9 Å². The molecule has 0 aliphatic heterocycles. The Morgan fingerprint density at radius 2 is 1.78 bits per heavy atom. The first-order valence-electron chi connectivity index (χ1n) is 12.0. The molecule has 2 amide bonds. The maximum Gasteiger partial charge on any atom is 0.242 e. The second-order valence-corrected chi connectivity index (χ2v) is 11.6. The van der Waals surface area contributed by atoms with Crippen molar-refractivity contribution in [1.29, 1.82) is 0 Å². The molecule has 2 rings (SSSR count). The lowest BCUT2D eigenvalue weighted by atomic mass is 10.1. The van der Waals surface area contributed by atoms with Crippen molar-refractivity contribution < 1.29 is 22.7 Å². The highest BCUT2D eigenvalue weighted by molar-refractivity contribution is 7.92. The molecule has 2 aromatic carbocycles. The number of hydrogen-bond acceptors (Lipinski definition) is 5. The number of sulfonamides is 1. The Morgan fingerprint density at radius 1 is 1.11 bits per heavy atom. The van der Waals surface area contributed by atoms with Gasteiger partial charge in [0, 0.05) is 35.6 Å². The van der Waals surface area contributed by atoms with Gasteiger partial charge in [-0.15, -0.1) is 0 Å². The Bertz CT molecular complexity index is 1190. The van der Waals surface area contributed by atoms with E-state index in [1.54, 1.807) is 49.4 Å². The quantitative estimate of drug-likeness (QED) is 0.369. The van der Waals surface area contributed by atoms with Crippen LogP contribution in [-0.2, 0) is 26.2 Å². The predicted octanol–water partition coefficient (Wildman–Crippen LogP) is 4.88. The smallest absolute Gasteiger partial charge is 0.242 e. The molecule has 0 aliphatic rings. The van der Waals surface area contributed by atoms with E-state index < -0.39 is 16.1 Å². The van der Waals surface area contributed by atoms with Crippen LogP contribution in [0.5, 0.6) is 5.75 Å². The standard InChI is InChI=1S/C26H35Cl2N3O5S/c1-6-18(2)29-26(33)19(3)30(17-20-13-14-21(27)16-22(20)28)25(32)12-9-15-31(37(5,34)35)23-10-7-8-11-24(23)36-4/h7-8,10-11,13-14,16,18-19H,6,9,12,15,17H2,1-5H3,(H,29,33)/t18-,19+/m1/s1. The van der Waals surface area contributed by atoms with E-state index in [0.717, 1.165) is 12.7 Å². The fourth-order valence-corrected chi connectivity index (χ4v) is 5.14. The number of carbonyl (C=O) groups is 2. The summed E-state index contributed by atoms with van der Waals surface area (Å²) >= 11 is 12.4. The van der Waals surface area contributed by atoms with Crippen LogP contribution < -0.4 is 14.4 Å². The highest BCUT2D eigenvalue weighted by Gasteiger charge is 2.28. The summed E-state index contributed by atoms with van der Waals surface area (Å²) in [6.45, 7) is 5.68. The van der Waals surface area contributed by atoms with Crippen LogP contribution in [0.2, 0.25) is 10.0 Å². The highest BCUT2D eigenvalue weighted by atomic mass is 35.5. The number of rotatable bonds is 13. The third-order valence-corrected chi connectivity index (χ3v) is 7.80. The van der Waals surface area contributed by atoms with Crippen LogP contribution in [0.25, 0.3) is 0 Å².